The number of methoxy groups -OCH3 is 1. The van der Waals surface area contributed by atoms with Crippen LogP contribution in [0.5, 0.6) is 5.75 Å². The molecule has 1 amide bonds. The van der Waals surface area contributed by atoms with Gasteiger partial charge in [-0.05, 0) is 24.6 Å². The Kier molecular flexibility index (Phi) is 5.84. The Labute approximate surface area is 162 Å². The molecule has 6 nitrogen and oxygen atoms in total. The van der Waals surface area contributed by atoms with Crippen LogP contribution in [-0.2, 0) is 14.6 Å². The number of carbonyl (C=O) groups is 1. The molecule has 1 aromatic carbocycles. The molecule has 0 spiro atoms. The Morgan fingerprint density at radius 1 is 1.42 bits per heavy atom. The van der Waals surface area contributed by atoms with Crippen LogP contribution in [0.1, 0.15) is 26.2 Å². The number of hydrogen-bond donors (Lipinski definition) is 0. The molecule has 2 saturated heterocycles. The number of rotatable bonds is 5. The van der Waals surface area contributed by atoms with Crippen molar-refractivity contribution in [2.24, 2.45) is 4.99 Å². The summed E-state index contributed by atoms with van der Waals surface area (Å²) in [6.45, 7) is 2.02. The maximum atomic E-state index is 12.2. The van der Waals surface area contributed by atoms with Crippen molar-refractivity contribution < 1.29 is 17.9 Å². The van der Waals surface area contributed by atoms with Crippen LogP contribution < -0.4 is 9.64 Å². The minimum atomic E-state index is -3.12. The SMILES string of the molecule is CCCCC(=O)N=C1S[C@H]2CS(=O)(=O)C[C@@H]2N1c1cc(Cl)ccc1OC. The summed E-state index contributed by atoms with van der Waals surface area (Å²) < 4.78 is 29.6. The maximum Gasteiger partial charge on any atom is 0.248 e. The van der Waals surface area contributed by atoms with Gasteiger partial charge in [0.2, 0.25) is 5.91 Å². The van der Waals surface area contributed by atoms with Gasteiger partial charge in [0.25, 0.3) is 0 Å². The Bertz CT molecular complexity index is 841. The molecule has 0 radical (unpaired) electrons. The number of hydrogen-bond acceptors (Lipinski definition) is 5. The first-order chi connectivity index (χ1) is 12.3. The zero-order valence-electron chi connectivity index (χ0n) is 14.6. The van der Waals surface area contributed by atoms with Crippen molar-refractivity contribution in [2.45, 2.75) is 37.5 Å². The number of thioether (sulfide) groups is 1. The molecule has 0 N–H and O–H groups in total. The molecule has 142 valence electrons. The smallest absolute Gasteiger partial charge is 0.248 e. The van der Waals surface area contributed by atoms with Crippen molar-refractivity contribution in [1.82, 2.24) is 0 Å². The lowest BCUT2D eigenvalue weighted by Gasteiger charge is -2.26. The number of sulfone groups is 1. The monoisotopic (exact) mass is 416 g/mol. The average molecular weight is 417 g/mol. The molecule has 0 saturated carbocycles. The second-order valence-corrected chi connectivity index (χ2v) is 10.2. The standard InChI is InChI=1S/C17H21ClN2O4S2/c1-3-4-5-16(21)19-17-20(12-8-11(18)6-7-14(12)24-2)13-9-26(22,23)10-15(13)25-17/h6-8,13,15H,3-5,9-10H2,1-2H3/t13-,15-/m0/s1. The van der Waals surface area contributed by atoms with Gasteiger partial charge < -0.3 is 9.64 Å². The van der Waals surface area contributed by atoms with E-state index in [0.29, 0.717) is 28.0 Å². The number of carbonyl (C=O) groups excluding carboxylic acids is 1. The van der Waals surface area contributed by atoms with Crippen LogP contribution >= 0.6 is 23.4 Å². The van der Waals surface area contributed by atoms with Crippen molar-refractivity contribution in [3.05, 3.63) is 23.2 Å². The van der Waals surface area contributed by atoms with Crippen molar-refractivity contribution in [1.29, 1.82) is 0 Å². The molecule has 2 fully saturated rings. The van der Waals surface area contributed by atoms with Gasteiger partial charge in [-0.15, -0.1) is 0 Å². The van der Waals surface area contributed by atoms with Gasteiger partial charge in [0, 0.05) is 16.7 Å². The van der Waals surface area contributed by atoms with E-state index in [2.05, 4.69) is 4.99 Å². The number of aliphatic imine (C=N–C) groups is 1. The van der Waals surface area contributed by atoms with Crippen LogP contribution in [0.4, 0.5) is 5.69 Å². The third-order valence-corrected chi connectivity index (χ3v) is 7.88. The quantitative estimate of drug-likeness (QED) is 0.733. The lowest BCUT2D eigenvalue weighted by Crippen LogP contribution is -2.38. The van der Waals surface area contributed by atoms with Gasteiger partial charge >= 0.3 is 0 Å². The van der Waals surface area contributed by atoms with Crippen LogP contribution in [0.15, 0.2) is 23.2 Å². The van der Waals surface area contributed by atoms with E-state index in [0.717, 1.165) is 12.8 Å². The van der Waals surface area contributed by atoms with E-state index < -0.39 is 9.84 Å². The third kappa shape index (κ3) is 4.02. The first-order valence-electron chi connectivity index (χ1n) is 8.46. The molecule has 0 aliphatic carbocycles. The molecule has 2 aliphatic heterocycles. The number of benzene rings is 1. The Balaban J connectivity index is 2.02. The topological polar surface area (TPSA) is 76.0 Å². The van der Waals surface area contributed by atoms with Gasteiger partial charge in [0.15, 0.2) is 15.0 Å². The fourth-order valence-electron chi connectivity index (χ4n) is 3.19. The summed E-state index contributed by atoms with van der Waals surface area (Å²) in [5, 5.41) is 0.879. The number of anilines is 1. The van der Waals surface area contributed by atoms with Gasteiger partial charge in [-0.2, -0.15) is 4.99 Å². The average Bonchev–Trinajstić information content (AvgIpc) is 3.03. The first kappa shape index (κ1) is 19.5. The Morgan fingerprint density at radius 3 is 2.88 bits per heavy atom. The molecule has 26 heavy (non-hydrogen) atoms. The number of unbranched alkanes of at least 4 members (excludes halogenated alkanes) is 1. The normalized spacial score (nSPS) is 25.5. The molecule has 2 heterocycles. The van der Waals surface area contributed by atoms with E-state index in [1.165, 1.54) is 11.8 Å². The van der Waals surface area contributed by atoms with Crippen LogP contribution in [-0.4, -0.2) is 49.4 Å². The molecular weight excluding hydrogens is 396 g/mol. The summed E-state index contributed by atoms with van der Waals surface area (Å²) in [6.07, 6.45) is 2.08. The highest BCUT2D eigenvalue weighted by Crippen LogP contribution is 2.44. The fraction of sp³-hybridized carbons (Fsp3) is 0.529. The van der Waals surface area contributed by atoms with Crippen LogP contribution in [0, 0.1) is 0 Å². The van der Waals surface area contributed by atoms with Crippen molar-refractivity contribution in [2.75, 3.05) is 23.5 Å². The maximum absolute atomic E-state index is 12.2. The highest BCUT2D eigenvalue weighted by atomic mass is 35.5. The van der Waals surface area contributed by atoms with E-state index in [1.54, 1.807) is 25.3 Å². The highest BCUT2D eigenvalue weighted by molar-refractivity contribution is 8.16. The molecule has 1 aromatic rings. The van der Waals surface area contributed by atoms with Gasteiger partial charge in [0.1, 0.15) is 5.75 Å². The number of ether oxygens (including phenoxy) is 1. The summed E-state index contributed by atoms with van der Waals surface area (Å²) in [6, 6.07) is 4.88. The Morgan fingerprint density at radius 2 is 2.19 bits per heavy atom. The predicted octanol–water partition coefficient (Wildman–Crippen LogP) is 3.14. The van der Waals surface area contributed by atoms with Gasteiger partial charge in [-0.3, -0.25) is 4.79 Å². The minimum absolute atomic E-state index is 0.0303. The second-order valence-electron chi connectivity index (χ2n) is 6.38. The van der Waals surface area contributed by atoms with E-state index in [-0.39, 0.29) is 28.7 Å². The molecule has 0 unspecified atom stereocenters. The molecule has 2 atom stereocenters. The van der Waals surface area contributed by atoms with Crippen LogP contribution in [0.3, 0.4) is 0 Å². The van der Waals surface area contributed by atoms with E-state index in [4.69, 9.17) is 16.3 Å². The molecular formula is C17H21ClN2O4S2. The number of amides is 1. The number of fused-ring (bicyclic) bond motifs is 1. The molecule has 0 aromatic heterocycles. The predicted molar refractivity (Wildman–Crippen MR) is 106 cm³/mol. The van der Waals surface area contributed by atoms with Gasteiger partial charge in [-0.25, -0.2) is 8.42 Å². The number of halogens is 1. The largest absolute Gasteiger partial charge is 0.495 e. The van der Waals surface area contributed by atoms with Crippen LogP contribution in [0.25, 0.3) is 0 Å². The minimum Gasteiger partial charge on any atom is -0.495 e. The van der Waals surface area contributed by atoms with Crippen LogP contribution in [0.2, 0.25) is 5.02 Å². The second kappa shape index (κ2) is 7.78. The van der Waals surface area contributed by atoms with Crippen molar-refractivity contribution in [3.8, 4) is 5.75 Å². The summed E-state index contributed by atoms with van der Waals surface area (Å²) in [4.78, 5) is 18.3. The van der Waals surface area contributed by atoms with E-state index >= 15 is 0 Å². The van der Waals surface area contributed by atoms with Gasteiger partial charge in [-0.1, -0.05) is 36.7 Å². The molecule has 3 rings (SSSR count). The van der Waals surface area contributed by atoms with Gasteiger partial charge in [0.05, 0.1) is 30.3 Å². The van der Waals surface area contributed by atoms with E-state index in [9.17, 15) is 13.2 Å². The lowest BCUT2D eigenvalue weighted by molar-refractivity contribution is -0.117. The highest BCUT2D eigenvalue weighted by Gasteiger charge is 2.50. The summed E-state index contributed by atoms with van der Waals surface area (Å²) >= 11 is 7.51. The zero-order chi connectivity index (χ0) is 18.9. The number of amidine groups is 1. The molecule has 0 bridgehead atoms. The van der Waals surface area contributed by atoms with E-state index in [1.807, 2.05) is 11.8 Å². The first-order valence-corrected chi connectivity index (χ1v) is 11.5. The Hall–Kier alpha value is -1.25. The zero-order valence-corrected chi connectivity index (χ0v) is 17.0. The molecule has 2 aliphatic rings. The van der Waals surface area contributed by atoms with Crippen molar-refractivity contribution >= 4 is 50.0 Å². The summed E-state index contributed by atoms with van der Waals surface area (Å²) in [7, 11) is -1.57. The summed E-state index contributed by atoms with van der Waals surface area (Å²) in [5.41, 5.74) is 0.638. The van der Waals surface area contributed by atoms with Crippen molar-refractivity contribution in [3.63, 3.8) is 0 Å². The fourth-order valence-corrected chi connectivity index (χ4v) is 7.28. The number of nitrogens with zero attached hydrogens (tertiary/aromatic N) is 2. The summed E-state index contributed by atoms with van der Waals surface area (Å²) in [5.74, 6) is 0.490. The third-order valence-electron chi connectivity index (χ3n) is 4.43. The molecule has 9 heteroatoms. The lowest BCUT2D eigenvalue weighted by atomic mass is 10.2.